The fourth-order valence-corrected chi connectivity index (χ4v) is 3.93. The van der Waals surface area contributed by atoms with Crippen LogP contribution in [0.1, 0.15) is 27.0 Å². The lowest BCUT2D eigenvalue weighted by molar-refractivity contribution is -0.110. The van der Waals surface area contributed by atoms with Crippen LogP contribution in [0.15, 0.2) is 48.5 Å². The summed E-state index contributed by atoms with van der Waals surface area (Å²) in [5.74, 6) is -2.95. The molecule has 13 heteroatoms. The number of benzene rings is 3. The van der Waals surface area contributed by atoms with E-state index in [-0.39, 0.29) is 28.1 Å². The first-order valence-corrected chi connectivity index (χ1v) is 11.7. The number of phenolic OH excluding ortho intramolecular Hbond substituents is 1. The van der Waals surface area contributed by atoms with Gasteiger partial charge in [-0.05, 0) is 54.4 Å². The number of nitriles is 1. The van der Waals surface area contributed by atoms with E-state index in [1.807, 2.05) is 6.07 Å². The molecule has 0 heterocycles. The van der Waals surface area contributed by atoms with E-state index in [1.54, 1.807) is 25.1 Å². The van der Waals surface area contributed by atoms with Crippen molar-refractivity contribution in [1.82, 2.24) is 0 Å². The fourth-order valence-electron chi connectivity index (χ4n) is 3.93. The van der Waals surface area contributed by atoms with Crippen LogP contribution in [0, 0.1) is 23.7 Å². The van der Waals surface area contributed by atoms with Gasteiger partial charge in [0.2, 0.25) is 0 Å². The van der Waals surface area contributed by atoms with E-state index >= 15 is 0 Å². The Labute approximate surface area is 234 Å². The fraction of sp³-hybridized carbons (Fsp3) is 0.143. The van der Waals surface area contributed by atoms with Gasteiger partial charge in [-0.2, -0.15) is 5.26 Å². The zero-order chi connectivity index (χ0) is 30.4. The molecule has 0 unspecified atom stereocenters. The van der Waals surface area contributed by atoms with Gasteiger partial charge in [0, 0.05) is 29.9 Å². The molecule has 0 atom stereocenters. The highest BCUT2D eigenvalue weighted by Gasteiger charge is 2.25. The van der Waals surface area contributed by atoms with Crippen LogP contribution in [-0.2, 0) is 14.3 Å². The van der Waals surface area contributed by atoms with Crippen molar-refractivity contribution in [2.24, 2.45) is 0 Å². The van der Waals surface area contributed by atoms with Crippen LogP contribution in [0.2, 0.25) is 0 Å². The van der Waals surface area contributed by atoms with E-state index in [0.717, 1.165) is 11.0 Å². The van der Waals surface area contributed by atoms with Gasteiger partial charge in [0.15, 0.2) is 0 Å². The molecule has 41 heavy (non-hydrogen) atoms. The molecule has 0 bridgehead atoms. The molecule has 13 nitrogen and oxygen atoms in total. The molecule has 0 aliphatic heterocycles. The molecule has 0 saturated heterocycles. The van der Waals surface area contributed by atoms with Crippen molar-refractivity contribution < 1.29 is 38.9 Å². The quantitative estimate of drug-likeness (QED) is 0.261. The Kier molecular flexibility index (Phi) is 8.90. The van der Waals surface area contributed by atoms with Crippen molar-refractivity contribution in [3.8, 4) is 22.9 Å². The summed E-state index contributed by atoms with van der Waals surface area (Å²) in [6, 6.07) is 12.8. The number of aromatic carboxylic acids is 1. The molecule has 5 N–H and O–H groups in total. The van der Waals surface area contributed by atoms with Gasteiger partial charge in [-0.1, -0.05) is 6.07 Å². The average molecular weight is 560 g/mol. The summed E-state index contributed by atoms with van der Waals surface area (Å²) < 4.78 is 9.41. The second kappa shape index (κ2) is 12.3. The molecule has 3 aromatic rings. The van der Waals surface area contributed by atoms with E-state index in [2.05, 4.69) is 15.4 Å². The van der Waals surface area contributed by atoms with Crippen molar-refractivity contribution >= 4 is 46.8 Å². The lowest BCUT2D eigenvalue weighted by atomic mass is 9.94. The van der Waals surface area contributed by atoms with Crippen molar-refractivity contribution in [2.45, 2.75) is 6.92 Å². The zero-order valence-corrected chi connectivity index (χ0v) is 22.4. The van der Waals surface area contributed by atoms with Crippen LogP contribution in [0.5, 0.6) is 5.75 Å². The number of rotatable bonds is 7. The second-order valence-electron chi connectivity index (χ2n) is 8.57. The molecule has 210 valence electrons. The number of nitrogens with one attached hydrogen (secondary N) is 3. The number of carbonyl (C=O) groups excluding carboxylic acids is 3. The lowest BCUT2D eigenvalue weighted by Gasteiger charge is -2.22. The predicted molar refractivity (Wildman–Crippen MR) is 149 cm³/mol. The summed E-state index contributed by atoms with van der Waals surface area (Å²) in [5.41, 5.74) is 0.697. The van der Waals surface area contributed by atoms with Crippen LogP contribution < -0.4 is 15.5 Å². The Morgan fingerprint density at radius 3 is 2.24 bits per heavy atom. The highest BCUT2D eigenvalue weighted by Crippen LogP contribution is 2.39. The van der Waals surface area contributed by atoms with Crippen molar-refractivity contribution in [2.75, 3.05) is 36.8 Å². The molecule has 0 radical (unpaired) electrons. The Morgan fingerprint density at radius 2 is 1.66 bits per heavy atom. The molecule has 0 fully saturated rings. The maximum atomic E-state index is 13.0. The van der Waals surface area contributed by atoms with E-state index in [1.165, 1.54) is 45.5 Å². The smallest absolute Gasteiger partial charge is 0.413 e. The first-order chi connectivity index (χ1) is 19.4. The van der Waals surface area contributed by atoms with Gasteiger partial charge in [-0.25, -0.2) is 14.4 Å². The largest absolute Gasteiger partial charge is 0.507 e. The standard InChI is InChI=1S/C28H25N5O8/c1-14-9-16(31-27(38)40-3)6-7-17(14)18-11-20(23(34)12-22(18)33(2)28(39)41-4)24(30)25(35)32-21-8-5-15(13-29)10-19(21)26(36)37/h5-12,30,34H,1-4H3,(H,31,38)(H,32,35)(H,36,37). The number of hydrogen-bond acceptors (Lipinski definition) is 9. The number of nitrogens with zero attached hydrogens (tertiary/aromatic N) is 2. The number of anilines is 3. The van der Waals surface area contributed by atoms with Gasteiger partial charge < -0.3 is 25.0 Å². The molecular formula is C28H25N5O8. The highest BCUT2D eigenvalue weighted by molar-refractivity contribution is 6.48. The number of ether oxygens (including phenoxy) is 2. The maximum Gasteiger partial charge on any atom is 0.413 e. The summed E-state index contributed by atoms with van der Waals surface area (Å²) in [6.07, 6.45) is -1.43. The van der Waals surface area contributed by atoms with Crippen molar-refractivity contribution in [3.63, 3.8) is 0 Å². The van der Waals surface area contributed by atoms with Gasteiger partial charge in [0.1, 0.15) is 11.5 Å². The molecule has 0 aliphatic rings. The van der Waals surface area contributed by atoms with Crippen LogP contribution in [0.3, 0.4) is 0 Å². The van der Waals surface area contributed by atoms with Crippen molar-refractivity contribution in [3.05, 3.63) is 70.8 Å². The second-order valence-corrected chi connectivity index (χ2v) is 8.57. The molecule has 3 aromatic carbocycles. The maximum absolute atomic E-state index is 13.0. The van der Waals surface area contributed by atoms with E-state index in [0.29, 0.717) is 22.4 Å². The number of carbonyl (C=O) groups is 4. The number of carboxylic acid groups (broad SMARTS) is 1. The van der Waals surface area contributed by atoms with Gasteiger partial charge >= 0.3 is 18.2 Å². The van der Waals surface area contributed by atoms with Crippen LogP contribution in [0.25, 0.3) is 11.1 Å². The van der Waals surface area contributed by atoms with Crippen LogP contribution in [0.4, 0.5) is 26.7 Å². The molecule has 0 aromatic heterocycles. The van der Waals surface area contributed by atoms with E-state index in [9.17, 15) is 29.4 Å². The Bertz CT molecular complexity index is 1630. The monoisotopic (exact) mass is 559 g/mol. The number of hydrogen-bond donors (Lipinski definition) is 5. The minimum Gasteiger partial charge on any atom is -0.507 e. The third kappa shape index (κ3) is 6.40. The average Bonchev–Trinajstić information content (AvgIpc) is 2.96. The Morgan fingerprint density at radius 1 is 0.951 bits per heavy atom. The summed E-state index contributed by atoms with van der Waals surface area (Å²) in [4.78, 5) is 49.8. The minimum atomic E-state index is -1.40. The van der Waals surface area contributed by atoms with E-state index in [4.69, 9.17) is 15.4 Å². The summed E-state index contributed by atoms with van der Waals surface area (Å²) >= 11 is 0. The number of aryl methyl sites for hydroxylation is 1. The summed E-state index contributed by atoms with van der Waals surface area (Å²) in [7, 11) is 3.81. The topological polar surface area (TPSA) is 202 Å². The van der Waals surface area contributed by atoms with Crippen LogP contribution in [-0.4, -0.2) is 61.3 Å². The number of aromatic hydroxyl groups is 1. The van der Waals surface area contributed by atoms with Gasteiger partial charge in [0.05, 0.1) is 42.8 Å². The summed E-state index contributed by atoms with van der Waals surface area (Å²) in [6.45, 7) is 1.72. The molecule has 3 rings (SSSR count). The van der Waals surface area contributed by atoms with Gasteiger partial charge in [-0.3, -0.25) is 20.4 Å². The SMILES string of the molecule is COC(=O)Nc1ccc(-c2cc(C(=N)C(=O)Nc3ccc(C#N)cc3C(=O)O)c(O)cc2N(C)C(=O)OC)c(C)c1. The Hall–Kier alpha value is -5.90. The number of carboxylic acids is 1. The van der Waals surface area contributed by atoms with Crippen molar-refractivity contribution in [1.29, 1.82) is 10.7 Å². The molecule has 3 amide bonds. The minimum absolute atomic E-state index is 0.0613. The van der Waals surface area contributed by atoms with Gasteiger partial charge in [0.25, 0.3) is 5.91 Å². The van der Waals surface area contributed by atoms with Crippen LogP contribution >= 0.6 is 0 Å². The number of amides is 3. The summed E-state index contributed by atoms with van der Waals surface area (Å²) in [5, 5.41) is 42.7. The van der Waals surface area contributed by atoms with Gasteiger partial charge in [-0.15, -0.1) is 0 Å². The lowest BCUT2D eigenvalue weighted by Crippen LogP contribution is -2.27. The van der Waals surface area contributed by atoms with E-state index < -0.39 is 35.5 Å². The first kappa shape index (κ1) is 29.7. The number of phenols is 1. The number of methoxy groups -OCH3 is 2. The molecule has 0 saturated carbocycles. The molecule has 0 aliphatic carbocycles. The third-order valence-corrected chi connectivity index (χ3v) is 6.00. The highest BCUT2D eigenvalue weighted by atomic mass is 16.5. The predicted octanol–water partition coefficient (Wildman–Crippen LogP) is 4.32. The first-order valence-electron chi connectivity index (χ1n) is 11.7. The third-order valence-electron chi connectivity index (χ3n) is 6.00. The Balaban J connectivity index is 2.10. The normalized spacial score (nSPS) is 10.1. The molecule has 0 spiro atoms. The molecular weight excluding hydrogens is 534 g/mol. The zero-order valence-electron chi connectivity index (χ0n) is 22.4.